The van der Waals surface area contributed by atoms with Crippen LogP contribution in [-0.2, 0) is 4.79 Å². The summed E-state index contributed by atoms with van der Waals surface area (Å²) >= 11 is 0. The second-order valence-electron chi connectivity index (χ2n) is 7.20. The quantitative estimate of drug-likeness (QED) is 0.857. The molecular weight excluding hydrogens is 248 g/mol. The van der Waals surface area contributed by atoms with Crippen molar-refractivity contribution < 1.29 is 4.79 Å². The minimum atomic E-state index is 0.351. The molecule has 2 fully saturated rings. The lowest BCUT2D eigenvalue weighted by molar-refractivity contribution is -0.135. The van der Waals surface area contributed by atoms with E-state index in [-0.39, 0.29) is 0 Å². The first-order chi connectivity index (χ1) is 9.58. The van der Waals surface area contributed by atoms with E-state index >= 15 is 0 Å². The van der Waals surface area contributed by atoms with Crippen LogP contribution in [0, 0.1) is 11.8 Å². The first kappa shape index (κ1) is 15.8. The third-order valence-electron chi connectivity index (χ3n) is 5.22. The molecule has 0 spiro atoms. The molecule has 116 valence electrons. The minimum absolute atomic E-state index is 0.351. The lowest BCUT2D eigenvalue weighted by atomic mass is 9.86. The summed E-state index contributed by atoms with van der Waals surface area (Å²) in [5.41, 5.74) is 0. The van der Waals surface area contributed by atoms with Gasteiger partial charge in [0.15, 0.2) is 0 Å². The number of carbonyl (C=O) groups excluding carboxylic acids is 1. The molecule has 1 heterocycles. The third-order valence-corrected chi connectivity index (χ3v) is 5.22. The van der Waals surface area contributed by atoms with E-state index in [1.807, 2.05) is 0 Å². The predicted octanol–water partition coefficient (Wildman–Crippen LogP) is 3.19. The summed E-state index contributed by atoms with van der Waals surface area (Å²) in [6.07, 6.45) is 8.71. The molecule has 1 saturated heterocycles. The fourth-order valence-corrected chi connectivity index (χ4v) is 3.63. The van der Waals surface area contributed by atoms with Crippen molar-refractivity contribution in [1.29, 1.82) is 0 Å². The maximum atomic E-state index is 12.5. The normalized spacial score (nSPS) is 28.9. The van der Waals surface area contributed by atoms with Crippen LogP contribution in [0.15, 0.2) is 0 Å². The average molecular weight is 280 g/mol. The zero-order valence-corrected chi connectivity index (χ0v) is 13.5. The van der Waals surface area contributed by atoms with Crippen molar-refractivity contribution in [2.75, 3.05) is 13.1 Å². The van der Waals surface area contributed by atoms with Crippen molar-refractivity contribution in [1.82, 2.24) is 10.2 Å². The summed E-state index contributed by atoms with van der Waals surface area (Å²) in [4.78, 5) is 14.6. The molecule has 0 bridgehead atoms. The molecule has 2 atom stereocenters. The summed E-state index contributed by atoms with van der Waals surface area (Å²) in [5, 5.41) is 3.56. The zero-order chi connectivity index (χ0) is 14.5. The van der Waals surface area contributed by atoms with Crippen molar-refractivity contribution in [3.8, 4) is 0 Å². The van der Waals surface area contributed by atoms with Crippen LogP contribution in [0.2, 0.25) is 0 Å². The van der Waals surface area contributed by atoms with E-state index in [1.165, 1.54) is 32.1 Å². The fraction of sp³-hybridized carbons (Fsp3) is 0.941. The van der Waals surface area contributed by atoms with Gasteiger partial charge in [-0.2, -0.15) is 0 Å². The van der Waals surface area contributed by atoms with Crippen molar-refractivity contribution in [3.63, 3.8) is 0 Å². The van der Waals surface area contributed by atoms with E-state index in [9.17, 15) is 4.79 Å². The standard InChI is InChI=1S/C17H32N2O/c1-13(2)16-12-19(14(3)11-18-16)17(20)10-9-15-7-5-4-6-8-15/h13-16,18H,4-12H2,1-3H3. The summed E-state index contributed by atoms with van der Waals surface area (Å²) in [6.45, 7) is 8.47. The Morgan fingerprint density at radius 2 is 1.95 bits per heavy atom. The molecule has 2 rings (SSSR count). The average Bonchev–Trinajstić information content (AvgIpc) is 2.46. The molecule has 1 N–H and O–H groups in total. The van der Waals surface area contributed by atoms with E-state index in [2.05, 4.69) is 31.0 Å². The van der Waals surface area contributed by atoms with Gasteiger partial charge in [-0.05, 0) is 25.2 Å². The Morgan fingerprint density at radius 1 is 1.25 bits per heavy atom. The molecule has 3 nitrogen and oxygen atoms in total. The SMILES string of the molecule is CC(C)C1CN(C(=O)CCC2CCCCC2)C(C)CN1. The number of hydrogen-bond acceptors (Lipinski definition) is 2. The van der Waals surface area contributed by atoms with E-state index in [0.717, 1.165) is 31.8 Å². The van der Waals surface area contributed by atoms with Gasteiger partial charge in [-0.15, -0.1) is 0 Å². The number of rotatable bonds is 4. The number of amides is 1. The molecule has 1 saturated carbocycles. The first-order valence-corrected chi connectivity index (χ1v) is 8.60. The number of carbonyl (C=O) groups is 1. The Hall–Kier alpha value is -0.570. The van der Waals surface area contributed by atoms with Crippen LogP contribution in [-0.4, -0.2) is 36.0 Å². The molecular formula is C17H32N2O. The zero-order valence-electron chi connectivity index (χ0n) is 13.5. The summed E-state index contributed by atoms with van der Waals surface area (Å²) in [7, 11) is 0. The van der Waals surface area contributed by atoms with Crippen LogP contribution in [0.1, 0.15) is 65.7 Å². The van der Waals surface area contributed by atoms with Gasteiger partial charge in [0.25, 0.3) is 0 Å². The fourth-order valence-electron chi connectivity index (χ4n) is 3.63. The molecule has 0 aromatic rings. The van der Waals surface area contributed by atoms with Gasteiger partial charge in [0, 0.05) is 31.6 Å². The summed E-state index contributed by atoms with van der Waals surface area (Å²) in [5.74, 6) is 1.79. The molecule has 0 aromatic heterocycles. The molecule has 1 amide bonds. The number of hydrogen-bond donors (Lipinski definition) is 1. The van der Waals surface area contributed by atoms with Crippen LogP contribution in [0.5, 0.6) is 0 Å². The van der Waals surface area contributed by atoms with Gasteiger partial charge >= 0.3 is 0 Å². The van der Waals surface area contributed by atoms with Crippen molar-refractivity contribution in [2.45, 2.75) is 77.8 Å². The van der Waals surface area contributed by atoms with Crippen LogP contribution >= 0.6 is 0 Å². The highest BCUT2D eigenvalue weighted by Gasteiger charge is 2.30. The van der Waals surface area contributed by atoms with Gasteiger partial charge < -0.3 is 10.2 Å². The van der Waals surface area contributed by atoms with Gasteiger partial charge in [0.1, 0.15) is 0 Å². The van der Waals surface area contributed by atoms with Gasteiger partial charge in [-0.25, -0.2) is 0 Å². The van der Waals surface area contributed by atoms with Crippen LogP contribution in [0.3, 0.4) is 0 Å². The van der Waals surface area contributed by atoms with Crippen LogP contribution in [0.25, 0.3) is 0 Å². The number of nitrogens with one attached hydrogen (secondary N) is 1. The van der Waals surface area contributed by atoms with E-state index in [0.29, 0.717) is 23.9 Å². The van der Waals surface area contributed by atoms with Crippen molar-refractivity contribution in [2.24, 2.45) is 11.8 Å². The first-order valence-electron chi connectivity index (χ1n) is 8.60. The molecule has 0 aromatic carbocycles. The number of nitrogens with zero attached hydrogens (tertiary/aromatic N) is 1. The van der Waals surface area contributed by atoms with Gasteiger partial charge in [-0.1, -0.05) is 46.0 Å². The highest BCUT2D eigenvalue weighted by atomic mass is 16.2. The monoisotopic (exact) mass is 280 g/mol. The van der Waals surface area contributed by atoms with Gasteiger partial charge in [-0.3, -0.25) is 4.79 Å². The Bertz CT molecular complexity index is 310. The van der Waals surface area contributed by atoms with Gasteiger partial charge in [0.2, 0.25) is 5.91 Å². The molecule has 20 heavy (non-hydrogen) atoms. The Morgan fingerprint density at radius 3 is 2.60 bits per heavy atom. The maximum Gasteiger partial charge on any atom is 0.222 e. The third kappa shape index (κ3) is 4.21. The molecule has 3 heteroatoms. The lowest BCUT2D eigenvalue weighted by Crippen LogP contribution is -2.58. The van der Waals surface area contributed by atoms with Crippen LogP contribution in [0.4, 0.5) is 0 Å². The molecule has 2 unspecified atom stereocenters. The maximum absolute atomic E-state index is 12.5. The smallest absolute Gasteiger partial charge is 0.222 e. The van der Waals surface area contributed by atoms with Gasteiger partial charge in [0.05, 0.1) is 0 Å². The summed E-state index contributed by atoms with van der Waals surface area (Å²) in [6, 6.07) is 0.814. The summed E-state index contributed by atoms with van der Waals surface area (Å²) < 4.78 is 0. The Labute approximate surface area is 124 Å². The molecule has 1 aliphatic heterocycles. The van der Waals surface area contributed by atoms with Crippen LogP contribution < -0.4 is 5.32 Å². The van der Waals surface area contributed by atoms with E-state index in [1.54, 1.807) is 0 Å². The van der Waals surface area contributed by atoms with E-state index in [4.69, 9.17) is 0 Å². The number of piperazine rings is 1. The Kier molecular flexibility index (Phi) is 5.88. The molecule has 0 radical (unpaired) electrons. The second-order valence-corrected chi connectivity index (χ2v) is 7.20. The van der Waals surface area contributed by atoms with E-state index < -0.39 is 0 Å². The largest absolute Gasteiger partial charge is 0.337 e. The predicted molar refractivity (Wildman–Crippen MR) is 83.6 cm³/mol. The lowest BCUT2D eigenvalue weighted by Gasteiger charge is -2.40. The minimum Gasteiger partial charge on any atom is -0.337 e. The molecule has 1 aliphatic carbocycles. The highest BCUT2D eigenvalue weighted by Crippen LogP contribution is 2.27. The highest BCUT2D eigenvalue weighted by molar-refractivity contribution is 5.76. The molecule has 2 aliphatic rings. The topological polar surface area (TPSA) is 32.3 Å². The Balaban J connectivity index is 1.80. The second kappa shape index (κ2) is 7.44. The van der Waals surface area contributed by atoms with Crippen molar-refractivity contribution >= 4 is 5.91 Å². The van der Waals surface area contributed by atoms with Crippen molar-refractivity contribution in [3.05, 3.63) is 0 Å².